The molecule has 1 heterocycles. The number of nitrogens with zero attached hydrogens (tertiary/aromatic N) is 3. The Morgan fingerprint density at radius 3 is 2.00 bits per heavy atom. The van der Waals surface area contributed by atoms with Gasteiger partial charge >= 0.3 is 0 Å². The summed E-state index contributed by atoms with van der Waals surface area (Å²) in [6, 6.07) is 0. The van der Waals surface area contributed by atoms with Gasteiger partial charge in [0, 0.05) is 39.3 Å². The van der Waals surface area contributed by atoms with E-state index in [1.807, 2.05) is 27.7 Å². The highest BCUT2D eigenvalue weighted by Gasteiger charge is 2.36. The van der Waals surface area contributed by atoms with Gasteiger partial charge in [0.15, 0.2) is 0 Å². The fourth-order valence-corrected chi connectivity index (χ4v) is 4.08. The molecule has 0 unspecified atom stereocenters. The molecule has 0 aromatic carbocycles. The topological polar surface area (TPSA) is 69.9 Å². The highest BCUT2D eigenvalue weighted by atomic mass is 32.2. The van der Waals surface area contributed by atoms with Crippen molar-refractivity contribution >= 4 is 27.4 Å². The first-order valence-corrected chi connectivity index (χ1v) is 8.78. The van der Waals surface area contributed by atoms with E-state index in [4.69, 9.17) is 18.0 Å². The summed E-state index contributed by atoms with van der Waals surface area (Å²) in [7, 11) is -3.34. The van der Waals surface area contributed by atoms with E-state index < -0.39 is 10.2 Å². The summed E-state index contributed by atoms with van der Waals surface area (Å²) >= 11 is 5.09. The molecule has 0 saturated carbocycles. The van der Waals surface area contributed by atoms with Gasteiger partial charge in [-0.25, -0.2) is 0 Å². The maximum absolute atomic E-state index is 12.4. The molecule has 118 valence electrons. The lowest BCUT2D eigenvalue weighted by Gasteiger charge is -2.43. The Hall–Kier alpha value is -0.280. The van der Waals surface area contributed by atoms with Gasteiger partial charge < -0.3 is 5.73 Å². The van der Waals surface area contributed by atoms with E-state index in [1.165, 1.54) is 4.31 Å². The van der Waals surface area contributed by atoms with Gasteiger partial charge in [-0.3, -0.25) is 4.90 Å². The summed E-state index contributed by atoms with van der Waals surface area (Å²) in [6.07, 6.45) is 0. The van der Waals surface area contributed by atoms with E-state index >= 15 is 0 Å². The first-order chi connectivity index (χ1) is 9.17. The van der Waals surface area contributed by atoms with Crippen molar-refractivity contribution in [1.82, 2.24) is 13.5 Å². The van der Waals surface area contributed by atoms with Crippen LogP contribution in [0.4, 0.5) is 0 Å². The Morgan fingerprint density at radius 2 is 1.65 bits per heavy atom. The van der Waals surface area contributed by atoms with Crippen LogP contribution in [0.25, 0.3) is 0 Å². The first kappa shape index (κ1) is 17.8. The predicted octanol–water partition coefficient (Wildman–Crippen LogP) is 0.255. The van der Waals surface area contributed by atoms with Crippen LogP contribution < -0.4 is 5.73 Å². The molecule has 1 fully saturated rings. The molecule has 1 aliphatic heterocycles. The van der Waals surface area contributed by atoms with Crippen LogP contribution in [0, 0.1) is 0 Å². The van der Waals surface area contributed by atoms with Crippen molar-refractivity contribution in [2.24, 2.45) is 5.73 Å². The van der Waals surface area contributed by atoms with Crippen LogP contribution in [0.3, 0.4) is 0 Å². The van der Waals surface area contributed by atoms with E-state index in [0.717, 1.165) is 0 Å². The third-order valence-corrected chi connectivity index (χ3v) is 6.68. The highest BCUT2D eigenvalue weighted by Crippen LogP contribution is 2.19. The van der Waals surface area contributed by atoms with Crippen LogP contribution in [0.15, 0.2) is 0 Å². The summed E-state index contributed by atoms with van der Waals surface area (Å²) in [5, 5.41) is 0. The van der Waals surface area contributed by atoms with Gasteiger partial charge in [-0.2, -0.15) is 17.0 Å². The Kier molecular flexibility index (Phi) is 5.91. The summed E-state index contributed by atoms with van der Waals surface area (Å²) in [4.78, 5) is 2.58. The third kappa shape index (κ3) is 3.48. The quantitative estimate of drug-likeness (QED) is 0.710. The molecule has 0 atom stereocenters. The van der Waals surface area contributed by atoms with E-state index in [1.54, 1.807) is 4.31 Å². The second-order valence-electron chi connectivity index (χ2n) is 5.40. The molecule has 2 N–H and O–H groups in total. The van der Waals surface area contributed by atoms with Gasteiger partial charge in [0.25, 0.3) is 10.2 Å². The Balaban J connectivity index is 2.74. The molecule has 8 heteroatoms. The Morgan fingerprint density at radius 1 is 1.20 bits per heavy atom. The molecule has 1 saturated heterocycles. The van der Waals surface area contributed by atoms with Gasteiger partial charge in [0.05, 0.1) is 10.5 Å². The molecule has 0 bridgehead atoms. The fraction of sp³-hybridized carbons (Fsp3) is 0.917. The van der Waals surface area contributed by atoms with E-state index in [-0.39, 0.29) is 5.54 Å². The van der Waals surface area contributed by atoms with Crippen LogP contribution in [0.1, 0.15) is 27.7 Å². The van der Waals surface area contributed by atoms with Crippen LogP contribution in [0.5, 0.6) is 0 Å². The summed E-state index contributed by atoms with van der Waals surface area (Å²) in [6.45, 7) is 10.9. The van der Waals surface area contributed by atoms with Crippen molar-refractivity contribution in [1.29, 1.82) is 0 Å². The molecule has 0 spiro atoms. The minimum absolute atomic E-state index is 0.375. The molecule has 0 amide bonds. The van der Waals surface area contributed by atoms with Crippen LogP contribution in [0.2, 0.25) is 0 Å². The smallest absolute Gasteiger partial charge is 0.282 e. The molecule has 1 rings (SSSR count). The second-order valence-corrected chi connectivity index (χ2v) is 7.77. The second kappa shape index (κ2) is 6.65. The monoisotopic (exact) mass is 322 g/mol. The standard InChI is InChI=1S/C12H26N4O2S2/c1-5-15(6-2)20(17,18)16-9-7-14(8-10-16)12(3,4)11(13)19/h5-10H2,1-4H3,(H2,13,19). The van der Waals surface area contributed by atoms with Gasteiger partial charge in [0.1, 0.15) is 0 Å². The number of hydrogen-bond acceptors (Lipinski definition) is 4. The molecule has 0 aliphatic carbocycles. The lowest BCUT2D eigenvalue weighted by molar-refractivity contribution is 0.120. The minimum Gasteiger partial charge on any atom is -0.392 e. The summed E-state index contributed by atoms with van der Waals surface area (Å²) in [5.41, 5.74) is 5.39. The van der Waals surface area contributed by atoms with Crippen LogP contribution >= 0.6 is 12.2 Å². The summed E-state index contributed by atoms with van der Waals surface area (Å²) in [5.74, 6) is 0. The van der Waals surface area contributed by atoms with Gasteiger partial charge in [-0.1, -0.05) is 26.1 Å². The molecule has 0 aromatic rings. The highest BCUT2D eigenvalue weighted by molar-refractivity contribution is 7.86. The van der Waals surface area contributed by atoms with Crippen molar-refractivity contribution in [3.05, 3.63) is 0 Å². The molecule has 6 nitrogen and oxygen atoms in total. The van der Waals surface area contributed by atoms with Crippen molar-refractivity contribution < 1.29 is 8.42 Å². The number of nitrogens with two attached hydrogens (primary N) is 1. The van der Waals surface area contributed by atoms with E-state index in [2.05, 4.69) is 4.90 Å². The SMILES string of the molecule is CCN(CC)S(=O)(=O)N1CCN(C(C)(C)C(N)=S)CC1. The zero-order valence-corrected chi connectivity index (χ0v) is 14.4. The number of piperazine rings is 1. The molecular weight excluding hydrogens is 296 g/mol. The van der Waals surface area contributed by atoms with Crippen molar-refractivity contribution in [2.75, 3.05) is 39.3 Å². The van der Waals surface area contributed by atoms with Gasteiger partial charge in [0.2, 0.25) is 0 Å². The lowest BCUT2D eigenvalue weighted by Crippen LogP contribution is -2.61. The minimum atomic E-state index is -3.34. The van der Waals surface area contributed by atoms with Crippen molar-refractivity contribution in [2.45, 2.75) is 33.2 Å². The summed E-state index contributed by atoms with van der Waals surface area (Å²) < 4.78 is 27.9. The lowest BCUT2D eigenvalue weighted by atomic mass is 10.0. The number of rotatable bonds is 6. The maximum atomic E-state index is 12.4. The van der Waals surface area contributed by atoms with E-state index in [0.29, 0.717) is 44.3 Å². The average molecular weight is 323 g/mol. The normalized spacial score (nSPS) is 19.4. The third-order valence-electron chi connectivity index (χ3n) is 3.99. The molecule has 20 heavy (non-hydrogen) atoms. The van der Waals surface area contributed by atoms with Crippen molar-refractivity contribution in [3.8, 4) is 0 Å². The Bertz CT molecular complexity index is 438. The zero-order chi connectivity index (χ0) is 15.6. The number of hydrogen-bond donors (Lipinski definition) is 1. The fourth-order valence-electron chi connectivity index (χ4n) is 2.35. The molecular formula is C12H26N4O2S2. The zero-order valence-electron chi connectivity index (χ0n) is 12.8. The van der Waals surface area contributed by atoms with E-state index in [9.17, 15) is 8.42 Å². The Labute approximate surface area is 128 Å². The molecule has 0 radical (unpaired) electrons. The van der Waals surface area contributed by atoms with Crippen LogP contribution in [-0.4, -0.2) is 71.7 Å². The average Bonchev–Trinajstić information content (AvgIpc) is 2.39. The molecule has 0 aromatic heterocycles. The van der Waals surface area contributed by atoms with Gasteiger partial charge in [-0.05, 0) is 13.8 Å². The largest absolute Gasteiger partial charge is 0.392 e. The van der Waals surface area contributed by atoms with Crippen molar-refractivity contribution in [3.63, 3.8) is 0 Å². The maximum Gasteiger partial charge on any atom is 0.282 e. The van der Waals surface area contributed by atoms with Gasteiger partial charge in [-0.15, -0.1) is 0 Å². The molecule has 1 aliphatic rings. The first-order valence-electron chi connectivity index (χ1n) is 6.98. The predicted molar refractivity (Wildman–Crippen MR) is 85.9 cm³/mol. The number of thiocarbonyl (C=S) groups is 1. The van der Waals surface area contributed by atoms with Crippen LogP contribution in [-0.2, 0) is 10.2 Å².